The Kier molecular flexibility index (Phi) is 5.50. The highest BCUT2D eigenvalue weighted by molar-refractivity contribution is 5.77. The number of ether oxygens (including phenoxy) is 2. The fourth-order valence-electron chi connectivity index (χ4n) is 3.44. The van der Waals surface area contributed by atoms with Crippen LogP contribution in [0.3, 0.4) is 0 Å². The van der Waals surface area contributed by atoms with Gasteiger partial charge in [0.15, 0.2) is 0 Å². The van der Waals surface area contributed by atoms with Crippen LogP contribution in [0.5, 0.6) is 5.88 Å². The molecule has 0 N–H and O–H groups in total. The summed E-state index contributed by atoms with van der Waals surface area (Å²) in [5.41, 5.74) is 1.72. The number of hydrogen-bond donors (Lipinski definition) is 0. The second kappa shape index (κ2) is 8.24. The third-order valence-corrected chi connectivity index (χ3v) is 4.78. The first-order valence-electron chi connectivity index (χ1n) is 9.96. The fourth-order valence-corrected chi connectivity index (χ4v) is 3.44. The van der Waals surface area contributed by atoms with Crippen LogP contribution in [0, 0.1) is 16.7 Å². The van der Waals surface area contributed by atoms with Gasteiger partial charge in [0.25, 0.3) is 0 Å². The van der Waals surface area contributed by atoms with Crippen molar-refractivity contribution in [1.29, 1.82) is 5.26 Å². The molecule has 4 heterocycles. The molecule has 1 saturated heterocycles. The first-order chi connectivity index (χ1) is 14.4. The minimum Gasteiger partial charge on any atom is -0.471 e. The third kappa shape index (κ3) is 4.49. The quantitative estimate of drug-likeness (QED) is 0.636. The fraction of sp³-hybridized carbons (Fsp3) is 0.476. The molecule has 4 rings (SSSR count). The van der Waals surface area contributed by atoms with E-state index in [0.717, 1.165) is 42.2 Å². The zero-order valence-electron chi connectivity index (χ0n) is 17.5. The van der Waals surface area contributed by atoms with Crippen molar-refractivity contribution in [2.24, 2.45) is 5.41 Å². The van der Waals surface area contributed by atoms with Crippen molar-refractivity contribution in [2.45, 2.75) is 33.9 Å². The standard InChI is InChI=1S/C21H25N7O2/c1-21(2,3)13-28-16(8-15-11-23-17(10-22)26-20(15)28)12-30-19-9-18(24-14-25-19)27-4-6-29-7-5-27/h8-9,11,14H,4-7,12-13H2,1-3H3. The summed E-state index contributed by atoms with van der Waals surface area (Å²) < 4.78 is 13.5. The van der Waals surface area contributed by atoms with E-state index in [2.05, 4.69) is 50.2 Å². The van der Waals surface area contributed by atoms with Gasteiger partial charge < -0.3 is 18.9 Å². The number of fused-ring (bicyclic) bond motifs is 1. The molecule has 0 bridgehead atoms. The molecule has 0 radical (unpaired) electrons. The molecule has 3 aromatic heterocycles. The van der Waals surface area contributed by atoms with Gasteiger partial charge in [-0.2, -0.15) is 5.26 Å². The van der Waals surface area contributed by atoms with Crippen LogP contribution in [0.15, 0.2) is 24.7 Å². The van der Waals surface area contributed by atoms with Gasteiger partial charge in [0, 0.05) is 37.3 Å². The van der Waals surface area contributed by atoms with E-state index < -0.39 is 0 Å². The number of nitriles is 1. The van der Waals surface area contributed by atoms with E-state index >= 15 is 0 Å². The van der Waals surface area contributed by atoms with Crippen LogP contribution in [0.25, 0.3) is 11.0 Å². The Morgan fingerprint density at radius 3 is 2.70 bits per heavy atom. The van der Waals surface area contributed by atoms with Crippen molar-refractivity contribution in [3.8, 4) is 11.9 Å². The van der Waals surface area contributed by atoms with Gasteiger partial charge in [-0.15, -0.1) is 0 Å². The molecule has 1 aliphatic rings. The van der Waals surface area contributed by atoms with Crippen LogP contribution < -0.4 is 9.64 Å². The van der Waals surface area contributed by atoms with E-state index in [0.29, 0.717) is 25.7 Å². The van der Waals surface area contributed by atoms with Crippen LogP contribution in [0.1, 0.15) is 32.3 Å². The number of morpholine rings is 1. The highest BCUT2D eigenvalue weighted by atomic mass is 16.5. The molecule has 0 atom stereocenters. The summed E-state index contributed by atoms with van der Waals surface area (Å²) in [6.45, 7) is 10.5. The van der Waals surface area contributed by atoms with Crippen molar-refractivity contribution in [1.82, 2.24) is 24.5 Å². The lowest BCUT2D eigenvalue weighted by molar-refractivity contribution is 0.122. The Balaban J connectivity index is 1.59. The summed E-state index contributed by atoms with van der Waals surface area (Å²) in [4.78, 5) is 19.3. The molecule has 0 saturated carbocycles. The maximum atomic E-state index is 9.18. The molecule has 0 aromatic carbocycles. The third-order valence-electron chi connectivity index (χ3n) is 4.78. The topological polar surface area (TPSA) is 102 Å². The average molecular weight is 407 g/mol. The van der Waals surface area contributed by atoms with E-state index in [1.165, 1.54) is 6.33 Å². The lowest BCUT2D eigenvalue weighted by atomic mass is 9.97. The van der Waals surface area contributed by atoms with Crippen molar-refractivity contribution < 1.29 is 9.47 Å². The van der Waals surface area contributed by atoms with E-state index in [4.69, 9.17) is 9.47 Å². The number of aromatic nitrogens is 5. The van der Waals surface area contributed by atoms with E-state index in [1.807, 2.05) is 18.2 Å². The Labute approximate surface area is 175 Å². The molecule has 9 nitrogen and oxygen atoms in total. The summed E-state index contributed by atoms with van der Waals surface area (Å²) in [6, 6.07) is 5.88. The number of anilines is 1. The summed E-state index contributed by atoms with van der Waals surface area (Å²) in [5.74, 6) is 1.51. The lowest BCUT2D eigenvalue weighted by Crippen LogP contribution is -2.36. The zero-order chi connectivity index (χ0) is 21.1. The zero-order valence-corrected chi connectivity index (χ0v) is 17.5. The molecule has 1 aliphatic heterocycles. The van der Waals surface area contributed by atoms with Crippen LogP contribution in [0.4, 0.5) is 5.82 Å². The minimum atomic E-state index is 0.0247. The van der Waals surface area contributed by atoms with Gasteiger partial charge in [0.05, 0.1) is 18.9 Å². The first-order valence-corrected chi connectivity index (χ1v) is 9.96. The molecular weight excluding hydrogens is 382 g/mol. The summed E-state index contributed by atoms with van der Waals surface area (Å²) >= 11 is 0. The summed E-state index contributed by atoms with van der Waals surface area (Å²) in [7, 11) is 0. The van der Waals surface area contributed by atoms with Gasteiger partial charge in [-0.3, -0.25) is 0 Å². The van der Waals surface area contributed by atoms with Gasteiger partial charge in [0.2, 0.25) is 11.7 Å². The molecule has 0 spiro atoms. The molecule has 0 amide bonds. The molecular formula is C21H25N7O2. The van der Waals surface area contributed by atoms with Gasteiger partial charge in [-0.25, -0.2) is 19.9 Å². The summed E-state index contributed by atoms with van der Waals surface area (Å²) in [6.07, 6.45) is 3.21. The Morgan fingerprint density at radius 2 is 1.97 bits per heavy atom. The lowest BCUT2D eigenvalue weighted by Gasteiger charge is -2.27. The van der Waals surface area contributed by atoms with Crippen molar-refractivity contribution in [2.75, 3.05) is 31.2 Å². The van der Waals surface area contributed by atoms with Gasteiger partial charge in [0.1, 0.15) is 30.5 Å². The van der Waals surface area contributed by atoms with Gasteiger partial charge >= 0.3 is 0 Å². The molecule has 9 heteroatoms. The Bertz CT molecular complexity index is 1080. The maximum absolute atomic E-state index is 9.18. The van der Waals surface area contributed by atoms with Crippen LogP contribution in [0.2, 0.25) is 0 Å². The van der Waals surface area contributed by atoms with Crippen LogP contribution in [-0.4, -0.2) is 50.8 Å². The smallest absolute Gasteiger partial charge is 0.234 e. The van der Waals surface area contributed by atoms with Crippen molar-refractivity contribution >= 4 is 16.9 Å². The van der Waals surface area contributed by atoms with Crippen LogP contribution in [-0.2, 0) is 17.9 Å². The van der Waals surface area contributed by atoms with E-state index in [1.54, 1.807) is 6.20 Å². The minimum absolute atomic E-state index is 0.0247. The maximum Gasteiger partial charge on any atom is 0.234 e. The molecule has 3 aromatic rings. The number of hydrogen-bond acceptors (Lipinski definition) is 8. The molecule has 30 heavy (non-hydrogen) atoms. The highest BCUT2D eigenvalue weighted by Gasteiger charge is 2.19. The van der Waals surface area contributed by atoms with Gasteiger partial charge in [-0.05, 0) is 11.5 Å². The molecule has 0 unspecified atom stereocenters. The molecule has 0 aliphatic carbocycles. The monoisotopic (exact) mass is 407 g/mol. The second-order valence-corrected chi connectivity index (χ2v) is 8.47. The SMILES string of the molecule is CC(C)(C)Cn1c(COc2cc(N3CCOCC3)ncn2)cc2cnc(C#N)nc21. The summed E-state index contributed by atoms with van der Waals surface area (Å²) in [5, 5.41) is 10.1. The number of nitrogens with zero attached hydrogens (tertiary/aromatic N) is 7. The van der Waals surface area contributed by atoms with Crippen LogP contribution >= 0.6 is 0 Å². The predicted octanol–water partition coefficient (Wildman–Crippen LogP) is 2.55. The van der Waals surface area contributed by atoms with Crippen molar-refractivity contribution in [3.05, 3.63) is 36.2 Å². The van der Waals surface area contributed by atoms with Gasteiger partial charge in [-0.1, -0.05) is 20.8 Å². The molecule has 1 fully saturated rings. The number of rotatable bonds is 5. The first kappa shape index (κ1) is 20.0. The van der Waals surface area contributed by atoms with E-state index in [-0.39, 0.29) is 11.2 Å². The Morgan fingerprint density at radius 1 is 1.17 bits per heavy atom. The average Bonchev–Trinajstić information content (AvgIpc) is 3.08. The highest BCUT2D eigenvalue weighted by Crippen LogP contribution is 2.25. The molecule has 156 valence electrons. The second-order valence-electron chi connectivity index (χ2n) is 8.47. The van der Waals surface area contributed by atoms with Crippen molar-refractivity contribution in [3.63, 3.8) is 0 Å². The predicted molar refractivity (Wildman–Crippen MR) is 111 cm³/mol. The normalized spacial score (nSPS) is 14.7. The van der Waals surface area contributed by atoms with E-state index in [9.17, 15) is 5.26 Å². The Hall–Kier alpha value is -3.25. The largest absolute Gasteiger partial charge is 0.471 e.